The molecule has 1 N–H and O–H groups in total. The quantitative estimate of drug-likeness (QED) is 0.779. The maximum atomic E-state index is 13.0. The Kier molecular flexibility index (Phi) is 7.69. The Morgan fingerprint density at radius 2 is 1.57 bits per heavy atom. The van der Waals surface area contributed by atoms with Crippen LogP contribution in [0.25, 0.3) is 0 Å². The van der Waals surface area contributed by atoms with Crippen molar-refractivity contribution in [3.63, 3.8) is 0 Å². The lowest BCUT2D eigenvalue weighted by atomic mass is 9.93. The second kappa shape index (κ2) is 9.58. The smallest absolute Gasteiger partial charge is 0.408 e. The molecular weight excluding hydrogens is 362 g/mol. The zero-order valence-electron chi connectivity index (χ0n) is 17.8. The summed E-state index contributed by atoms with van der Waals surface area (Å²) in [6, 6.07) is -0.638. The van der Waals surface area contributed by atoms with Crippen molar-refractivity contribution in [2.24, 2.45) is 11.8 Å². The van der Waals surface area contributed by atoms with E-state index in [1.54, 1.807) is 25.7 Å². The van der Waals surface area contributed by atoms with Crippen molar-refractivity contribution in [3.8, 4) is 0 Å². The van der Waals surface area contributed by atoms with Gasteiger partial charge in [0.25, 0.3) is 0 Å². The predicted molar refractivity (Wildman–Crippen MR) is 105 cm³/mol. The highest BCUT2D eigenvalue weighted by molar-refractivity contribution is 5.86. The van der Waals surface area contributed by atoms with Gasteiger partial charge in [-0.3, -0.25) is 9.59 Å². The molecule has 8 nitrogen and oxygen atoms in total. The van der Waals surface area contributed by atoms with E-state index in [1.807, 2.05) is 18.7 Å². The van der Waals surface area contributed by atoms with Gasteiger partial charge in [-0.15, -0.1) is 0 Å². The minimum absolute atomic E-state index is 0.0431. The van der Waals surface area contributed by atoms with Gasteiger partial charge in [-0.2, -0.15) is 0 Å². The molecule has 2 fully saturated rings. The summed E-state index contributed by atoms with van der Waals surface area (Å²) >= 11 is 0. The molecule has 2 aliphatic rings. The summed E-state index contributed by atoms with van der Waals surface area (Å²) in [6.07, 6.45) is 0.718. The molecule has 0 aromatic heterocycles. The fourth-order valence-corrected chi connectivity index (χ4v) is 3.53. The molecule has 0 bridgehead atoms. The molecule has 1 atom stereocenters. The summed E-state index contributed by atoms with van der Waals surface area (Å²) < 4.78 is 10.6. The van der Waals surface area contributed by atoms with E-state index in [1.165, 1.54) is 0 Å². The van der Waals surface area contributed by atoms with Gasteiger partial charge in [0.05, 0.1) is 13.2 Å². The number of carbonyl (C=O) groups excluding carboxylic acids is 3. The lowest BCUT2D eigenvalue weighted by Gasteiger charge is -2.37. The maximum Gasteiger partial charge on any atom is 0.408 e. The van der Waals surface area contributed by atoms with Crippen LogP contribution in [0.4, 0.5) is 4.79 Å². The SMILES string of the molecule is CC(C)C(NC(=O)OC(C)(C)C)C(=O)N1CCC(C(=O)N2CCOCC2)CC1. The van der Waals surface area contributed by atoms with Crippen molar-refractivity contribution in [1.29, 1.82) is 0 Å². The van der Waals surface area contributed by atoms with Gasteiger partial charge in [0.15, 0.2) is 0 Å². The summed E-state index contributed by atoms with van der Waals surface area (Å²) in [5.74, 6) is -0.0491. The molecule has 0 aromatic carbocycles. The highest BCUT2D eigenvalue weighted by Gasteiger charge is 2.35. The average molecular weight is 398 g/mol. The van der Waals surface area contributed by atoms with Crippen LogP contribution in [0.2, 0.25) is 0 Å². The maximum absolute atomic E-state index is 13.0. The van der Waals surface area contributed by atoms with E-state index in [0.29, 0.717) is 52.2 Å². The zero-order chi connectivity index (χ0) is 20.9. The third-order valence-electron chi connectivity index (χ3n) is 5.08. The van der Waals surface area contributed by atoms with Crippen molar-refractivity contribution in [2.75, 3.05) is 39.4 Å². The van der Waals surface area contributed by atoms with Gasteiger partial charge in [-0.1, -0.05) is 13.8 Å². The molecule has 8 heteroatoms. The van der Waals surface area contributed by atoms with E-state index >= 15 is 0 Å². The molecule has 2 heterocycles. The van der Waals surface area contributed by atoms with Crippen LogP contribution in [0.3, 0.4) is 0 Å². The van der Waals surface area contributed by atoms with E-state index in [9.17, 15) is 14.4 Å². The standard InChI is InChI=1S/C20H35N3O5/c1-14(2)16(21-19(26)28-20(3,4)5)18(25)22-8-6-15(7-9-22)17(24)23-10-12-27-13-11-23/h14-16H,6-13H2,1-5H3,(H,21,26). The summed E-state index contributed by atoms with van der Waals surface area (Å²) in [5.41, 5.74) is -0.618. The van der Waals surface area contributed by atoms with Crippen molar-refractivity contribution in [3.05, 3.63) is 0 Å². The number of ether oxygens (including phenoxy) is 2. The van der Waals surface area contributed by atoms with Crippen LogP contribution in [-0.2, 0) is 19.1 Å². The van der Waals surface area contributed by atoms with Crippen molar-refractivity contribution >= 4 is 17.9 Å². The Bertz CT molecular complexity index is 559. The second-order valence-electron chi connectivity index (χ2n) is 8.91. The molecule has 2 saturated heterocycles. The molecule has 0 aliphatic carbocycles. The van der Waals surface area contributed by atoms with Gasteiger partial charge in [0, 0.05) is 32.1 Å². The molecule has 0 saturated carbocycles. The summed E-state index contributed by atoms with van der Waals surface area (Å²) in [6.45, 7) is 12.7. The molecule has 0 spiro atoms. The topological polar surface area (TPSA) is 88.2 Å². The Balaban J connectivity index is 1.89. The number of rotatable bonds is 4. The minimum Gasteiger partial charge on any atom is -0.444 e. The number of nitrogens with zero attached hydrogens (tertiary/aromatic N) is 2. The molecule has 3 amide bonds. The predicted octanol–water partition coefficient (Wildman–Crippen LogP) is 1.63. The lowest BCUT2D eigenvalue weighted by Crippen LogP contribution is -2.54. The second-order valence-corrected chi connectivity index (χ2v) is 8.91. The number of piperidine rings is 1. The van der Waals surface area contributed by atoms with Crippen LogP contribution in [0.1, 0.15) is 47.5 Å². The monoisotopic (exact) mass is 397 g/mol. The highest BCUT2D eigenvalue weighted by Crippen LogP contribution is 2.22. The van der Waals surface area contributed by atoms with E-state index in [2.05, 4.69) is 5.32 Å². The van der Waals surface area contributed by atoms with Crippen molar-refractivity contribution < 1.29 is 23.9 Å². The lowest BCUT2D eigenvalue weighted by molar-refractivity contribution is -0.144. The minimum atomic E-state index is -0.638. The Labute approximate surface area is 167 Å². The van der Waals surface area contributed by atoms with Crippen LogP contribution < -0.4 is 5.32 Å². The first kappa shape index (κ1) is 22.5. The van der Waals surface area contributed by atoms with E-state index < -0.39 is 17.7 Å². The molecule has 28 heavy (non-hydrogen) atoms. The number of hydrogen-bond donors (Lipinski definition) is 1. The number of amides is 3. The Morgan fingerprint density at radius 3 is 2.07 bits per heavy atom. The van der Waals surface area contributed by atoms with Crippen LogP contribution >= 0.6 is 0 Å². The molecule has 0 radical (unpaired) electrons. The van der Waals surface area contributed by atoms with E-state index in [-0.39, 0.29) is 23.7 Å². The van der Waals surface area contributed by atoms with Crippen LogP contribution in [0.15, 0.2) is 0 Å². The number of nitrogens with one attached hydrogen (secondary N) is 1. The largest absolute Gasteiger partial charge is 0.444 e. The van der Waals surface area contributed by atoms with Crippen LogP contribution in [0.5, 0.6) is 0 Å². The Morgan fingerprint density at radius 1 is 1.00 bits per heavy atom. The number of carbonyl (C=O) groups is 3. The first-order valence-corrected chi connectivity index (χ1v) is 10.2. The third kappa shape index (κ3) is 6.36. The highest BCUT2D eigenvalue weighted by atomic mass is 16.6. The number of likely N-dealkylation sites (tertiary alicyclic amines) is 1. The van der Waals surface area contributed by atoms with Crippen molar-refractivity contribution in [1.82, 2.24) is 15.1 Å². The van der Waals surface area contributed by atoms with Crippen molar-refractivity contribution in [2.45, 2.75) is 59.1 Å². The summed E-state index contributed by atoms with van der Waals surface area (Å²) in [4.78, 5) is 41.3. The normalized spacial score (nSPS) is 20.1. The van der Waals surface area contributed by atoms with Gasteiger partial charge >= 0.3 is 6.09 Å². The van der Waals surface area contributed by atoms with Gasteiger partial charge < -0.3 is 24.6 Å². The number of morpholine rings is 1. The van der Waals surface area contributed by atoms with Gasteiger partial charge in [-0.05, 0) is 39.5 Å². The van der Waals surface area contributed by atoms with Crippen LogP contribution in [-0.4, -0.2) is 78.7 Å². The first-order valence-electron chi connectivity index (χ1n) is 10.2. The van der Waals surface area contributed by atoms with Gasteiger partial charge in [-0.25, -0.2) is 4.79 Å². The summed E-state index contributed by atoms with van der Waals surface area (Å²) in [7, 11) is 0. The number of hydrogen-bond acceptors (Lipinski definition) is 5. The first-order chi connectivity index (χ1) is 13.1. The molecular formula is C20H35N3O5. The molecule has 160 valence electrons. The van der Waals surface area contributed by atoms with Gasteiger partial charge in [0.2, 0.25) is 11.8 Å². The zero-order valence-corrected chi connectivity index (χ0v) is 17.8. The van der Waals surface area contributed by atoms with E-state index in [0.717, 1.165) is 0 Å². The van der Waals surface area contributed by atoms with Crippen LogP contribution in [0, 0.1) is 11.8 Å². The average Bonchev–Trinajstić information content (AvgIpc) is 2.64. The summed E-state index contributed by atoms with van der Waals surface area (Å²) in [5, 5.41) is 2.71. The molecule has 2 rings (SSSR count). The number of alkyl carbamates (subject to hydrolysis) is 1. The Hall–Kier alpha value is -1.83. The third-order valence-corrected chi connectivity index (χ3v) is 5.08. The van der Waals surface area contributed by atoms with Gasteiger partial charge in [0.1, 0.15) is 11.6 Å². The molecule has 2 aliphatic heterocycles. The molecule has 0 aromatic rings. The molecule has 1 unspecified atom stereocenters. The van der Waals surface area contributed by atoms with E-state index in [4.69, 9.17) is 9.47 Å². The fraction of sp³-hybridized carbons (Fsp3) is 0.850. The fourth-order valence-electron chi connectivity index (χ4n) is 3.53.